The van der Waals surface area contributed by atoms with Crippen LogP contribution in [0.1, 0.15) is 13.8 Å². The van der Waals surface area contributed by atoms with Gasteiger partial charge in [0.2, 0.25) is 0 Å². The Morgan fingerprint density at radius 1 is 1.08 bits per heavy atom. The van der Waals surface area contributed by atoms with Gasteiger partial charge in [-0.2, -0.15) is 0 Å². The molecule has 0 saturated carbocycles. The predicted molar refractivity (Wildman–Crippen MR) is 51.0 cm³/mol. The predicted octanol–water partition coefficient (Wildman–Crippen LogP) is -0.146. The largest absolute Gasteiger partial charge is 0.766 e. The van der Waals surface area contributed by atoms with E-state index in [0.717, 1.165) is 0 Å². The highest BCUT2D eigenvalue weighted by Crippen LogP contribution is 1.64. The zero-order valence-corrected chi connectivity index (χ0v) is 9.74. The first-order valence-corrected chi connectivity index (χ1v) is 4.70. The van der Waals surface area contributed by atoms with Crippen molar-refractivity contribution in [3.05, 3.63) is 0 Å². The lowest BCUT2D eigenvalue weighted by atomic mass is 10.9. The monoisotopic (exact) mass is 215 g/mol. The quantitative estimate of drug-likeness (QED) is 0.553. The van der Waals surface area contributed by atoms with E-state index in [1.165, 1.54) is 14.2 Å². The molecule has 0 amide bonds. The van der Waals surface area contributed by atoms with Crippen LogP contribution in [0.4, 0.5) is 0 Å². The van der Waals surface area contributed by atoms with E-state index in [9.17, 15) is 4.46 Å². The summed E-state index contributed by atoms with van der Waals surface area (Å²) in [4.78, 5) is 0. The number of hydrogen-bond donors (Lipinski definition) is 3. The molecule has 0 aliphatic carbocycles. The lowest BCUT2D eigenvalue weighted by Gasteiger charge is -1.87. The van der Waals surface area contributed by atoms with Crippen LogP contribution in [0.2, 0.25) is 0 Å². The van der Waals surface area contributed by atoms with Gasteiger partial charge in [0.05, 0.1) is 14.2 Å². The molecule has 0 aromatic rings. The van der Waals surface area contributed by atoms with Crippen molar-refractivity contribution in [1.29, 1.82) is 0 Å². The minimum atomic E-state index is -2.12. The van der Waals surface area contributed by atoms with Gasteiger partial charge in [-0.3, -0.25) is 4.46 Å². The van der Waals surface area contributed by atoms with E-state index < -0.39 is 9.17 Å². The first kappa shape index (κ1) is 22.9. The van der Waals surface area contributed by atoms with Crippen LogP contribution in [0.25, 0.3) is 0 Å². The molecule has 84 valence electrons. The molecule has 0 aliphatic heterocycles. The highest BCUT2D eigenvalue weighted by Gasteiger charge is 2.00. The van der Waals surface area contributed by atoms with Gasteiger partial charge < -0.3 is 25.2 Å². The third-order valence-electron chi connectivity index (χ3n) is 0.333. The van der Waals surface area contributed by atoms with Crippen LogP contribution in [-0.4, -0.2) is 46.8 Å². The Bertz CT molecular complexity index is 75.4. The van der Waals surface area contributed by atoms with Crippen LogP contribution in [0, 0.1) is 0 Å². The van der Waals surface area contributed by atoms with Crippen LogP contribution < -0.4 is 6.15 Å². The third kappa shape index (κ3) is 84.8. The van der Waals surface area contributed by atoms with Crippen molar-refractivity contribution in [2.24, 2.45) is 0 Å². The lowest BCUT2D eigenvalue weighted by molar-refractivity contribution is 0.236. The Morgan fingerprint density at radius 3 is 1.23 bits per heavy atom. The molecule has 5 N–H and O–H groups in total. The first-order chi connectivity index (χ1) is 5.64. The molecule has 7 heteroatoms. The third-order valence-corrected chi connectivity index (χ3v) is 1.00. The summed E-state index contributed by atoms with van der Waals surface area (Å²) in [5, 5.41) is 15.1. The normalized spacial score (nSPS) is 6.00. The number of aliphatic hydroxyl groups is 2. The highest BCUT2D eigenvalue weighted by atomic mass is 28.3. The van der Waals surface area contributed by atoms with Crippen LogP contribution >= 0.6 is 0 Å². The molecule has 0 fully saturated rings. The lowest BCUT2D eigenvalue weighted by Crippen LogP contribution is -2.04. The highest BCUT2D eigenvalue weighted by molar-refractivity contribution is 6.25. The van der Waals surface area contributed by atoms with Gasteiger partial charge in [-0.1, -0.05) is 0 Å². The topological polar surface area (TPSA) is 111 Å². The van der Waals surface area contributed by atoms with Crippen LogP contribution in [-0.2, 0) is 13.3 Å². The summed E-state index contributed by atoms with van der Waals surface area (Å²) in [6, 6.07) is 0. The van der Waals surface area contributed by atoms with Crippen molar-refractivity contribution in [3.8, 4) is 0 Å². The fourth-order valence-electron chi connectivity index (χ4n) is 0.0833. The van der Waals surface area contributed by atoms with Crippen molar-refractivity contribution < 1.29 is 23.5 Å². The fraction of sp³-hybridized carbons (Fsp3) is 1.00. The summed E-state index contributed by atoms with van der Waals surface area (Å²) in [6.07, 6.45) is 0. The van der Waals surface area contributed by atoms with Gasteiger partial charge in [0.1, 0.15) is 0 Å². The molecule has 0 radical (unpaired) electrons. The van der Waals surface area contributed by atoms with Crippen LogP contribution in [0.3, 0.4) is 0 Å². The van der Waals surface area contributed by atoms with E-state index in [1.807, 2.05) is 0 Å². The molecule has 0 heterocycles. The van der Waals surface area contributed by atoms with E-state index in [0.29, 0.717) is 0 Å². The Kier molecular flexibility index (Phi) is 52.8. The maximum absolute atomic E-state index is 9.92. The second-order valence-electron chi connectivity index (χ2n) is 1.29. The average Bonchev–Trinajstić information content (AvgIpc) is 2.06. The van der Waals surface area contributed by atoms with Crippen molar-refractivity contribution >= 4 is 9.17 Å². The standard InChI is InChI=1S/C2H6O3Si.2C2H6O.H3N/c1-4-6(3)5-2;2*1-2-3;/h1-2H3;2*3H,2H2,1H3;1H3. The van der Waals surface area contributed by atoms with E-state index in [2.05, 4.69) is 8.85 Å². The molecular formula is C6H21NO5Si. The van der Waals surface area contributed by atoms with Crippen molar-refractivity contribution in [1.82, 2.24) is 6.15 Å². The number of hydrogen-bond acceptors (Lipinski definition) is 6. The van der Waals surface area contributed by atoms with E-state index in [1.54, 1.807) is 13.8 Å². The van der Waals surface area contributed by atoms with Gasteiger partial charge in [0.25, 0.3) is 0 Å². The van der Waals surface area contributed by atoms with Gasteiger partial charge >= 0.3 is 9.17 Å². The molecular weight excluding hydrogens is 194 g/mol. The molecule has 0 atom stereocenters. The summed E-state index contributed by atoms with van der Waals surface area (Å²) in [5.74, 6) is 0. The zero-order chi connectivity index (χ0) is 10.4. The van der Waals surface area contributed by atoms with Gasteiger partial charge in [-0.25, -0.2) is 0 Å². The minimum Gasteiger partial charge on any atom is -0.499 e. The molecule has 13 heavy (non-hydrogen) atoms. The molecule has 0 unspecified atom stereocenters. The maximum atomic E-state index is 9.92. The van der Waals surface area contributed by atoms with Gasteiger partial charge in [0, 0.05) is 13.2 Å². The van der Waals surface area contributed by atoms with Crippen molar-refractivity contribution in [2.75, 3.05) is 27.4 Å². The minimum absolute atomic E-state index is 0. The molecule has 0 saturated heterocycles. The SMILES string of the molecule is CCO.CCO.CO[Si](=O)OC.N. The second-order valence-corrected chi connectivity index (χ2v) is 2.61. The van der Waals surface area contributed by atoms with Crippen molar-refractivity contribution in [2.45, 2.75) is 13.8 Å². The number of aliphatic hydroxyl groups excluding tert-OH is 2. The molecule has 0 spiro atoms. The summed E-state index contributed by atoms with van der Waals surface area (Å²) in [6.45, 7) is 3.86. The summed E-state index contributed by atoms with van der Waals surface area (Å²) in [7, 11) is 0.558. The molecule has 0 aromatic heterocycles. The van der Waals surface area contributed by atoms with Gasteiger partial charge in [-0.15, -0.1) is 0 Å². The second kappa shape index (κ2) is 30.0. The average molecular weight is 215 g/mol. The molecule has 0 aliphatic rings. The zero-order valence-electron chi connectivity index (χ0n) is 8.74. The summed E-state index contributed by atoms with van der Waals surface area (Å²) >= 11 is 0. The Balaban J connectivity index is -0.0000000501. The number of rotatable bonds is 2. The van der Waals surface area contributed by atoms with Crippen LogP contribution in [0.5, 0.6) is 0 Å². The first-order valence-electron chi connectivity index (χ1n) is 3.48. The van der Waals surface area contributed by atoms with Gasteiger partial charge in [0.15, 0.2) is 0 Å². The van der Waals surface area contributed by atoms with E-state index >= 15 is 0 Å². The molecule has 0 rings (SSSR count). The maximum Gasteiger partial charge on any atom is 0.766 e. The molecule has 0 aromatic carbocycles. The smallest absolute Gasteiger partial charge is 0.499 e. The van der Waals surface area contributed by atoms with E-state index in [-0.39, 0.29) is 19.4 Å². The van der Waals surface area contributed by atoms with Gasteiger partial charge in [-0.05, 0) is 13.8 Å². The summed E-state index contributed by atoms with van der Waals surface area (Å²) < 4.78 is 18.4. The van der Waals surface area contributed by atoms with Crippen LogP contribution in [0.15, 0.2) is 0 Å². The molecule has 6 nitrogen and oxygen atoms in total. The summed E-state index contributed by atoms with van der Waals surface area (Å²) in [5.41, 5.74) is 0. The van der Waals surface area contributed by atoms with E-state index in [4.69, 9.17) is 10.2 Å². The Morgan fingerprint density at radius 2 is 1.23 bits per heavy atom. The Hall–Kier alpha value is -0.503. The molecule has 0 bridgehead atoms. The van der Waals surface area contributed by atoms with Crippen molar-refractivity contribution in [3.63, 3.8) is 0 Å². The fourth-order valence-corrected chi connectivity index (χ4v) is 0.250. The Labute approximate surface area is 81.0 Å².